The van der Waals surface area contributed by atoms with Crippen molar-refractivity contribution in [2.45, 2.75) is 25.9 Å². The Morgan fingerprint density at radius 2 is 1.86 bits per heavy atom. The van der Waals surface area contributed by atoms with Crippen molar-refractivity contribution in [3.63, 3.8) is 0 Å². The number of aromatic nitrogens is 5. The van der Waals surface area contributed by atoms with Crippen LogP contribution in [-0.2, 0) is 6.54 Å². The normalized spacial score (nSPS) is 11.9. The second kappa shape index (κ2) is 11.5. The predicted octanol–water partition coefficient (Wildman–Crippen LogP) is 2.45. The summed E-state index contributed by atoms with van der Waals surface area (Å²) in [7, 11) is 3.29. The Balaban J connectivity index is 1.85. The Morgan fingerprint density at radius 3 is 2.53 bits per heavy atom. The number of carbonyl (C=O) groups is 1. The van der Waals surface area contributed by atoms with Gasteiger partial charge in [-0.2, -0.15) is 0 Å². The molecule has 0 spiro atoms. The highest BCUT2D eigenvalue weighted by Crippen LogP contribution is 2.25. The molecule has 1 aromatic carbocycles. The highest BCUT2D eigenvalue weighted by Gasteiger charge is 2.29. The number of amides is 1. The summed E-state index contributed by atoms with van der Waals surface area (Å²) in [4.78, 5) is 46.4. The standard InChI is InChI=1S/C26H29N7O3/c1-4-21(32(14-13-27-2)24(34)19-15-29-26(36-3)30-16-19)23-31-22-20(11-8-12-28-22)25(35)33(23)17-18-9-6-5-7-10-18/h5-12,15-16,21,27H,4,13-14,17H2,1-3H3. The van der Waals surface area contributed by atoms with Gasteiger partial charge in [0.25, 0.3) is 11.5 Å². The average molecular weight is 488 g/mol. The molecule has 1 N–H and O–H groups in total. The Morgan fingerprint density at radius 1 is 1.11 bits per heavy atom. The van der Waals surface area contributed by atoms with Crippen molar-refractivity contribution in [3.8, 4) is 6.01 Å². The zero-order valence-electron chi connectivity index (χ0n) is 20.6. The summed E-state index contributed by atoms with van der Waals surface area (Å²) in [5, 5.41) is 3.54. The van der Waals surface area contributed by atoms with Gasteiger partial charge in [-0.25, -0.2) is 19.9 Å². The SMILES string of the molecule is CCC(c1nc2ncccc2c(=O)n1Cc1ccccc1)N(CCNC)C(=O)c1cnc(OC)nc1. The van der Waals surface area contributed by atoms with E-state index in [2.05, 4.69) is 20.3 Å². The Kier molecular flexibility index (Phi) is 7.96. The van der Waals surface area contributed by atoms with Crippen molar-refractivity contribution in [1.29, 1.82) is 0 Å². The highest BCUT2D eigenvalue weighted by molar-refractivity contribution is 5.94. The van der Waals surface area contributed by atoms with Crippen LogP contribution >= 0.6 is 0 Å². The first-order valence-electron chi connectivity index (χ1n) is 11.8. The van der Waals surface area contributed by atoms with E-state index in [-0.39, 0.29) is 17.5 Å². The summed E-state index contributed by atoms with van der Waals surface area (Å²) in [5.74, 6) is 0.220. The lowest BCUT2D eigenvalue weighted by Crippen LogP contribution is -2.42. The van der Waals surface area contributed by atoms with Gasteiger partial charge in [-0.15, -0.1) is 0 Å². The largest absolute Gasteiger partial charge is 0.467 e. The molecule has 36 heavy (non-hydrogen) atoms. The minimum atomic E-state index is -0.490. The van der Waals surface area contributed by atoms with Crippen LogP contribution in [0.5, 0.6) is 6.01 Å². The molecule has 0 aliphatic rings. The van der Waals surface area contributed by atoms with Crippen LogP contribution < -0.4 is 15.6 Å². The Labute approximate surface area is 209 Å². The van der Waals surface area contributed by atoms with Crippen molar-refractivity contribution in [1.82, 2.24) is 34.7 Å². The molecule has 1 atom stereocenters. The molecule has 10 nitrogen and oxygen atoms in total. The number of rotatable bonds is 10. The average Bonchev–Trinajstić information content (AvgIpc) is 2.93. The fraction of sp³-hybridized carbons (Fsp3) is 0.308. The number of hydrogen-bond acceptors (Lipinski definition) is 8. The van der Waals surface area contributed by atoms with Crippen molar-refractivity contribution < 1.29 is 9.53 Å². The quantitative estimate of drug-likeness (QED) is 0.363. The second-order valence-corrected chi connectivity index (χ2v) is 8.21. The third-order valence-corrected chi connectivity index (χ3v) is 5.92. The van der Waals surface area contributed by atoms with Crippen molar-refractivity contribution in [3.05, 3.63) is 88.4 Å². The van der Waals surface area contributed by atoms with E-state index < -0.39 is 6.04 Å². The first kappa shape index (κ1) is 24.9. The van der Waals surface area contributed by atoms with E-state index >= 15 is 0 Å². The van der Waals surface area contributed by atoms with Crippen molar-refractivity contribution >= 4 is 16.9 Å². The summed E-state index contributed by atoms with van der Waals surface area (Å²) in [6, 6.07) is 12.9. The summed E-state index contributed by atoms with van der Waals surface area (Å²) in [6.45, 7) is 3.23. The maximum atomic E-state index is 13.7. The van der Waals surface area contributed by atoms with Crippen molar-refractivity contribution in [2.75, 3.05) is 27.2 Å². The molecule has 3 heterocycles. The van der Waals surface area contributed by atoms with Gasteiger partial charge in [-0.1, -0.05) is 37.3 Å². The topological polar surface area (TPSA) is 115 Å². The fourth-order valence-electron chi connectivity index (χ4n) is 4.12. The van der Waals surface area contributed by atoms with E-state index in [9.17, 15) is 9.59 Å². The maximum absolute atomic E-state index is 13.7. The number of pyridine rings is 1. The molecule has 4 rings (SSSR count). The third kappa shape index (κ3) is 5.23. The van der Waals surface area contributed by atoms with Crippen LogP contribution in [0.3, 0.4) is 0 Å². The Hall–Kier alpha value is -4.18. The van der Waals surface area contributed by atoms with E-state index in [4.69, 9.17) is 9.72 Å². The van der Waals surface area contributed by atoms with Crippen LogP contribution in [-0.4, -0.2) is 62.6 Å². The number of nitrogens with one attached hydrogen (secondary N) is 1. The molecule has 186 valence electrons. The number of benzene rings is 1. The van der Waals surface area contributed by atoms with Crippen LogP contribution in [0.1, 0.15) is 41.1 Å². The molecule has 0 saturated heterocycles. The van der Waals surface area contributed by atoms with Crippen LogP contribution in [0.15, 0.2) is 65.8 Å². The molecule has 10 heteroatoms. The van der Waals surface area contributed by atoms with Crippen LogP contribution in [0.2, 0.25) is 0 Å². The van der Waals surface area contributed by atoms with Crippen LogP contribution in [0.4, 0.5) is 0 Å². The van der Waals surface area contributed by atoms with Gasteiger partial charge in [-0.05, 0) is 31.2 Å². The predicted molar refractivity (Wildman–Crippen MR) is 136 cm³/mol. The summed E-state index contributed by atoms with van der Waals surface area (Å²) >= 11 is 0. The number of ether oxygens (including phenoxy) is 1. The number of methoxy groups -OCH3 is 1. The van der Waals surface area contributed by atoms with Gasteiger partial charge in [0.1, 0.15) is 5.82 Å². The minimum absolute atomic E-state index is 0.180. The molecule has 0 saturated carbocycles. The van der Waals surface area contributed by atoms with Gasteiger partial charge in [0.15, 0.2) is 5.65 Å². The minimum Gasteiger partial charge on any atom is -0.467 e. The molecule has 0 fully saturated rings. The fourth-order valence-corrected chi connectivity index (χ4v) is 4.12. The van der Waals surface area contributed by atoms with Gasteiger partial charge < -0.3 is 15.0 Å². The molecule has 1 unspecified atom stereocenters. The van der Waals surface area contributed by atoms with E-state index in [1.54, 1.807) is 27.8 Å². The molecular formula is C26H29N7O3. The molecule has 0 aliphatic carbocycles. The number of likely N-dealkylation sites (N-methyl/N-ethyl adjacent to an activating group) is 1. The smallest absolute Gasteiger partial charge is 0.316 e. The third-order valence-electron chi connectivity index (χ3n) is 5.92. The summed E-state index contributed by atoms with van der Waals surface area (Å²) in [6.07, 6.45) is 5.03. The van der Waals surface area contributed by atoms with E-state index in [1.165, 1.54) is 19.5 Å². The molecular weight excluding hydrogens is 458 g/mol. The first-order chi connectivity index (χ1) is 17.6. The molecule has 0 bridgehead atoms. The number of carbonyl (C=O) groups excluding carboxylic acids is 1. The van der Waals surface area contributed by atoms with Crippen molar-refractivity contribution in [2.24, 2.45) is 0 Å². The summed E-state index contributed by atoms with van der Waals surface area (Å²) < 4.78 is 6.68. The number of hydrogen-bond donors (Lipinski definition) is 1. The molecule has 0 aliphatic heterocycles. The van der Waals surface area contributed by atoms with Gasteiger partial charge in [0, 0.05) is 31.7 Å². The Bertz CT molecular complexity index is 1370. The maximum Gasteiger partial charge on any atom is 0.316 e. The highest BCUT2D eigenvalue weighted by atomic mass is 16.5. The molecule has 1 amide bonds. The first-order valence-corrected chi connectivity index (χ1v) is 11.8. The monoisotopic (exact) mass is 487 g/mol. The summed E-state index contributed by atoms with van der Waals surface area (Å²) in [5.41, 5.74) is 1.44. The zero-order chi connectivity index (χ0) is 25.5. The zero-order valence-corrected chi connectivity index (χ0v) is 20.6. The molecule has 3 aromatic heterocycles. The van der Waals surface area contributed by atoms with E-state index in [0.29, 0.717) is 48.5 Å². The molecule has 0 radical (unpaired) electrons. The van der Waals surface area contributed by atoms with E-state index in [0.717, 1.165) is 5.56 Å². The molecule has 4 aromatic rings. The van der Waals surface area contributed by atoms with E-state index in [1.807, 2.05) is 44.3 Å². The number of nitrogens with zero attached hydrogens (tertiary/aromatic N) is 6. The van der Waals surface area contributed by atoms with Gasteiger partial charge in [0.05, 0.1) is 30.6 Å². The van der Waals surface area contributed by atoms with Gasteiger partial charge >= 0.3 is 6.01 Å². The lowest BCUT2D eigenvalue weighted by Gasteiger charge is -2.32. The van der Waals surface area contributed by atoms with Gasteiger partial charge in [-0.3, -0.25) is 14.2 Å². The second-order valence-electron chi connectivity index (χ2n) is 8.21. The van der Waals surface area contributed by atoms with Crippen LogP contribution in [0.25, 0.3) is 11.0 Å². The number of fused-ring (bicyclic) bond motifs is 1. The lowest BCUT2D eigenvalue weighted by atomic mass is 10.1. The lowest BCUT2D eigenvalue weighted by molar-refractivity contribution is 0.0659. The van der Waals surface area contributed by atoms with Gasteiger partial charge in [0.2, 0.25) is 0 Å². The van der Waals surface area contributed by atoms with Crippen LogP contribution in [0, 0.1) is 0 Å².